The Hall–Kier alpha value is -1.43. The summed E-state index contributed by atoms with van der Waals surface area (Å²) in [4.78, 5) is 14.8. The van der Waals surface area contributed by atoms with E-state index in [0.717, 1.165) is 18.4 Å². The Morgan fingerprint density at radius 1 is 1.36 bits per heavy atom. The van der Waals surface area contributed by atoms with Crippen LogP contribution in [0.1, 0.15) is 24.3 Å². The van der Waals surface area contributed by atoms with E-state index in [1.165, 1.54) is 0 Å². The summed E-state index contributed by atoms with van der Waals surface area (Å²) in [6.07, 6.45) is 2.37. The highest BCUT2D eigenvalue weighted by Crippen LogP contribution is 2.46. The lowest BCUT2D eigenvalue weighted by molar-refractivity contribution is -0.153. The minimum Gasteiger partial charge on any atom is -0.460 e. The van der Waals surface area contributed by atoms with Crippen molar-refractivity contribution >= 4 is 5.97 Å². The molecule has 3 aliphatic rings. The zero-order valence-electron chi connectivity index (χ0n) is 12.6. The van der Waals surface area contributed by atoms with Crippen molar-refractivity contribution in [1.82, 2.24) is 4.90 Å². The second kappa shape index (κ2) is 5.33. The number of nitrogens with zero attached hydrogens (tertiary/aromatic N) is 1. The van der Waals surface area contributed by atoms with E-state index in [2.05, 4.69) is 11.9 Å². The number of rotatable bonds is 4. The molecule has 3 aliphatic heterocycles. The summed E-state index contributed by atoms with van der Waals surface area (Å²) in [5.41, 5.74) is 0.801. The van der Waals surface area contributed by atoms with Crippen molar-refractivity contribution in [3.8, 4) is 0 Å². The van der Waals surface area contributed by atoms with E-state index in [1.54, 1.807) is 0 Å². The van der Waals surface area contributed by atoms with Crippen molar-refractivity contribution in [3.05, 3.63) is 35.9 Å². The minimum absolute atomic E-state index is 0.0864. The monoisotopic (exact) mass is 303 g/mol. The van der Waals surface area contributed by atoms with E-state index in [1.807, 2.05) is 30.3 Å². The van der Waals surface area contributed by atoms with Crippen LogP contribution in [0.3, 0.4) is 0 Å². The molecule has 2 bridgehead atoms. The number of hydrogen-bond acceptors (Lipinski definition) is 5. The molecule has 0 amide bonds. The molecule has 6 unspecified atom stereocenters. The third-order valence-corrected chi connectivity index (χ3v) is 5.36. The maximum absolute atomic E-state index is 12.5. The van der Waals surface area contributed by atoms with E-state index < -0.39 is 5.92 Å². The van der Waals surface area contributed by atoms with Crippen molar-refractivity contribution in [2.45, 2.75) is 49.2 Å². The van der Waals surface area contributed by atoms with Gasteiger partial charge in [-0.3, -0.25) is 9.69 Å². The maximum atomic E-state index is 12.5. The molecule has 3 saturated heterocycles. The number of piperidine rings is 1. The fourth-order valence-corrected chi connectivity index (χ4v) is 4.04. The molecule has 1 aromatic rings. The molecule has 118 valence electrons. The molecule has 5 heteroatoms. The van der Waals surface area contributed by atoms with Crippen LogP contribution in [0.25, 0.3) is 0 Å². The molecule has 0 radical (unpaired) electrons. The van der Waals surface area contributed by atoms with Gasteiger partial charge in [0.2, 0.25) is 0 Å². The molecule has 0 saturated carbocycles. The van der Waals surface area contributed by atoms with Crippen LogP contribution in [-0.4, -0.2) is 60.0 Å². The number of fused-ring (bicyclic) bond motifs is 4. The van der Waals surface area contributed by atoms with Crippen LogP contribution in [0, 0.1) is 0 Å². The quantitative estimate of drug-likeness (QED) is 0.662. The topological polar surface area (TPSA) is 62.3 Å². The first-order valence-electron chi connectivity index (χ1n) is 7.92. The van der Waals surface area contributed by atoms with Crippen molar-refractivity contribution in [3.63, 3.8) is 0 Å². The number of carbonyl (C=O) groups excluding carboxylic acids is 1. The number of esters is 1. The Morgan fingerprint density at radius 3 is 2.86 bits per heavy atom. The van der Waals surface area contributed by atoms with E-state index in [9.17, 15) is 9.90 Å². The molecular formula is C17H21NO4. The molecule has 4 rings (SSSR count). The number of ether oxygens (including phenoxy) is 2. The highest BCUT2D eigenvalue weighted by Gasteiger charge is 2.60. The average Bonchev–Trinajstić information content (AvgIpc) is 3.25. The Balaban J connectivity index is 1.46. The fraction of sp³-hybridized carbons (Fsp3) is 0.588. The molecule has 3 heterocycles. The zero-order valence-corrected chi connectivity index (χ0v) is 12.6. The van der Waals surface area contributed by atoms with Crippen molar-refractivity contribution in [1.29, 1.82) is 0 Å². The second-order valence-electron chi connectivity index (χ2n) is 6.53. The van der Waals surface area contributed by atoms with Crippen LogP contribution in [0.5, 0.6) is 0 Å². The number of benzene rings is 1. The predicted octanol–water partition coefficient (Wildman–Crippen LogP) is 0.918. The molecule has 0 aromatic heterocycles. The Morgan fingerprint density at radius 2 is 2.14 bits per heavy atom. The molecule has 0 spiro atoms. The smallest absolute Gasteiger partial charge is 0.316 e. The van der Waals surface area contributed by atoms with Gasteiger partial charge in [-0.1, -0.05) is 30.3 Å². The van der Waals surface area contributed by atoms with Gasteiger partial charge < -0.3 is 14.6 Å². The van der Waals surface area contributed by atoms with E-state index in [0.29, 0.717) is 18.2 Å². The molecule has 3 fully saturated rings. The van der Waals surface area contributed by atoms with Gasteiger partial charge in [-0.05, 0) is 19.0 Å². The number of hydrogen-bond donors (Lipinski definition) is 1. The number of aliphatic hydroxyl groups is 1. The number of aliphatic hydroxyl groups excluding tert-OH is 1. The molecule has 0 aliphatic carbocycles. The lowest BCUT2D eigenvalue weighted by atomic mass is 10.00. The predicted molar refractivity (Wildman–Crippen MR) is 79.4 cm³/mol. The SMILES string of the molecule is CN1C2CC3OC3C1CC2OC(=O)C(CO)c1ccccc1. The fourth-order valence-electron chi connectivity index (χ4n) is 4.04. The lowest BCUT2D eigenvalue weighted by Gasteiger charge is -2.29. The molecular weight excluding hydrogens is 282 g/mol. The van der Waals surface area contributed by atoms with Crippen LogP contribution in [0.15, 0.2) is 30.3 Å². The van der Waals surface area contributed by atoms with Gasteiger partial charge in [0.25, 0.3) is 0 Å². The molecule has 6 atom stereocenters. The Bertz CT molecular complexity index is 563. The highest BCUT2D eigenvalue weighted by atomic mass is 16.6. The Kier molecular flexibility index (Phi) is 3.44. The third kappa shape index (κ3) is 2.24. The van der Waals surface area contributed by atoms with Crippen molar-refractivity contribution in [2.75, 3.05) is 13.7 Å². The standard InChI is InChI=1S/C17H21NO4/c1-18-12-7-15-16(21-15)13(18)8-14(12)22-17(20)11(9-19)10-5-3-2-4-6-10/h2-6,11-16,19H,7-9H2,1H3. The molecule has 5 nitrogen and oxygen atoms in total. The zero-order chi connectivity index (χ0) is 15.3. The summed E-state index contributed by atoms with van der Waals surface area (Å²) >= 11 is 0. The maximum Gasteiger partial charge on any atom is 0.316 e. The Labute approximate surface area is 129 Å². The van der Waals surface area contributed by atoms with Gasteiger partial charge in [0.05, 0.1) is 18.8 Å². The van der Waals surface area contributed by atoms with Gasteiger partial charge in [-0.2, -0.15) is 0 Å². The largest absolute Gasteiger partial charge is 0.460 e. The summed E-state index contributed by atoms with van der Waals surface area (Å²) in [5, 5.41) is 9.58. The average molecular weight is 303 g/mol. The van der Waals surface area contributed by atoms with Crippen molar-refractivity contribution < 1.29 is 19.4 Å². The van der Waals surface area contributed by atoms with Crippen LogP contribution < -0.4 is 0 Å². The molecule has 1 aromatic carbocycles. The normalized spacial score (nSPS) is 37.5. The van der Waals surface area contributed by atoms with Gasteiger partial charge >= 0.3 is 5.97 Å². The summed E-state index contributed by atoms with van der Waals surface area (Å²) in [5.74, 6) is -0.924. The van der Waals surface area contributed by atoms with Crippen LogP contribution in [-0.2, 0) is 14.3 Å². The van der Waals surface area contributed by atoms with E-state index in [4.69, 9.17) is 9.47 Å². The van der Waals surface area contributed by atoms with Crippen LogP contribution in [0.4, 0.5) is 0 Å². The summed E-state index contributed by atoms with van der Waals surface area (Å²) in [6.45, 7) is -0.228. The first kappa shape index (κ1) is 14.2. The van der Waals surface area contributed by atoms with Gasteiger partial charge in [-0.15, -0.1) is 0 Å². The third-order valence-electron chi connectivity index (χ3n) is 5.36. The summed E-state index contributed by atoms with van der Waals surface area (Å²) < 4.78 is 11.4. The van der Waals surface area contributed by atoms with E-state index in [-0.39, 0.29) is 24.7 Å². The minimum atomic E-state index is -0.599. The number of carbonyl (C=O) groups is 1. The number of likely N-dealkylation sites (N-methyl/N-ethyl adjacent to an activating group) is 1. The molecule has 1 N–H and O–H groups in total. The van der Waals surface area contributed by atoms with Gasteiger partial charge in [0.1, 0.15) is 12.0 Å². The first-order valence-corrected chi connectivity index (χ1v) is 7.92. The highest BCUT2D eigenvalue weighted by molar-refractivity contribution is 5.78. The van der Waals surface area contributed by atoms with Crippen LogP contribution in [0.2, 0.25) is 0 Å². The first-order chi connectivity index (χ1) is 10.7. The summed E-state index contributed by atoms with van der Waals surface area (Å²) in [7, 11) is 2.09. The van der Waals surface area contributed by atoms with Gasteiger partial charge in [-0.25, -0.2) is 0 Å². The van der Waals surface area contributed by atoms with E-state index >= 15 is 0 Å². The van der Waals surface area contributed by atoms with Gasteiger partial charge in [0.15, 0.2) is 0 Å². The van der Waals surface area contributed by atoms with Gasteiger partial charge in [0, 0.05) is 18.5 Å². The summed E-state index contributed by atoms with van der Waals surface area (Å²) in [6, 6.07) is 9.94. The second-order valence-corrected chi connectivity index (χ2v) is 6.53. The lowest BCUT2D eigenvalue weighted by Crippen LogP contribution is -2.43. The number of epoxide rings is 1. The van der Waals surface area contributed by atoms with Crippen LogP contribution >= 0.6 is 0 Å². The van der Waals surface area contributed by atoms with Crippen molar-refractivity contribution in [2.24, 2.45) is 0 Å². The molecule has 22 heavy (non-hydrogen) atoms.